The van der Waals surface area contributed by atoms with Gasteiger partial charge in [0.05, 0.1) is 22.6 Å². The van der Waals surface area contributed by atoms with Crippen LogP contribution in [0.4, 0.5) is 5.69 Å². The van der Waals surface area contributed by atoms with Crippen molar-refractivity contribution in [1.29, 1.82) is 0 Å². The Balaban J connectivity index is 1.70. The van der Waals surface area contributed by atoms with Crippen molar-refractivity contribution in [2.45, 2.75) is 6.61 Å². The number of ether oxygens (including phenoxy) is 2. The summed E-state index contributed by atoms with van der Waals surface area (Å²) in [5.74, 6) is 0.347. The van der Waals surface area contributed by atoms with E-state index in [0.717, 1.165) is 11.6 Å². The molecular formula is C18H13ClN2O6. The SMILES string of the molecule is COc1cccc(-c2cc(COC(=O)c3cc([N+](=O)[O-])ccc3Cl)no2)c1. The average Bonchev–Trinajstić information content (AvgIpc) is 3.15. The van der Waals surface area contributed by atoms with Gasteiger partial charge in [-0.15, -0.1) is 0 Å². The molecule has 0 fully saturated rings. The minimum atomic E-state index is -0.797. The fourth-order valence-corrected chi connectivity index (χ4v) is 2.49. The van der Waals surface area contributed by atoms with Gasteiger partial charge in [-0.05, 0) is 18.2 Å². The summed E-state index contributed by atoms with van der Waals surface area (Å²) in [7, 11) is 1.56. The van der Waals surface area contributed by atoms with Crippen LogP contribution in [0.25, 0.3) is 11.3 Å². The van der Waals surface area contributed by atoms with Gasteiger partial charge in [-0.2, -0.15) is 0 Å². The largest absolute Gasteiger partial charge is 0.497 e. The highest BCUT2D eigenvalue weighted by Crippen LogP contribution is 2.26. The van der Waals surface area contributed by atoms with Gasteiger partial charge in [0.2, 0.25) is 0 Å². The van der Waals surface area contributed by atoms with Crippen LogP contribution < -0.4 is 4.74 Å². The summed E-state index contributed by atoms with van der Waals surface area (Å²) in [6.45, 7) is -0.175. The first-order chi connectivity index (χ1) is 13.0. The van der Waals surface area contributed by atoms with Crippen molar-refractivity contribution in [3.8, 4) is 17.1 Å². The van der Waals surface area contributed by atoms with Crippen molar-refractivity contribution in [2.24, 2.45) is 0 Å². The molecule has 2 aromatic carbocycles. The number of nitro groups is 1. The van der Waals surface area contributed by atoms with Gasteiger partial charge >= 0.3 is 5.97 Å². The maximum absolute atomic E-state index is 12.2. The number of hydrogen-bond donors (Lipinski definition) is 0. The predicted octanol–water partition coefficient (Wildman–Crippen LogP) is 4.27. The topological polar surface area (TPSA) is 105 Å². The van der Waals surface area contributed by atoms with Crippen molar-refractivity contribution in [1.82, 2.24) is 5.16 Å². The summed E-state index contributed by atoms with van der Waals surface area (Å²) in [4.78, 5) is 22.4. The number of carbonyl (C=O) groups excluding carboxylic acids is 1. The molecule has 0 unspecified atom stereocenters. The molecule has 138 valence electrons. The average molecular weight is 389 g/mol. The van der Waals surface area contributed by atoms with E-state index in [1.54, 1.807) is 31.4 Å². The number of nitrogens with zero attached hydrogens (tertiary/aromatic N) is 2. The monoisotopic (exact) mass is 388 g/mol. The summed E-state index contributed by atoms with van der Waals surface area (Å²) in [6.07, 6.45) is 0. The first-order valence-electron chi connectivity index (χ1n) is 7.69. The fraction of sp³-hybridized carbons (Fsp3) is 0.111. The quantitative estimate of drug-likeness (QED) is 0.352. The lowest BCUT2D eigenvalue weighted by Gasteiger charge is -2.04. The molecule has 0 amide bonds. The van der Waals surface area contributed by atoms with Gasteiger partial charge in [0.1, 0.15) is 18.1 Å². The Morgan fingerprint density at radius 2 is 2.07 bits per heavy atom. The van der Waals surface area contributed by atoms with E-state index in [9.17, 15) is 14.9 Å². The van der Waals surface area contributed by atoms with Crippen LogP contribution in [0.15, 0.2) is 53.1 Å². The molecule has 0 spiro atoms. The van der Waals surface area contributed by atoms with E-state index in [-0.39, 0.29) is 22.9 Å². The zero-order valence-electron chi connectivity index (χ0n) is 14.0. The molecule has 1 aromatic heterocycles. The lowest BCUT2D eigenvalue weighted by molar-refractivity contribution is -0.384. The van der Waals surface area contributed by atoms with Gasteiger partial charge in [0.25, 0.3) is 5.69 Å². The van der Waals surface area contributed by atoms with Gasteiger partial charge in [0, 0.05) is 23.8 Å². The van der Waals surface area contributed by atoms with Crippen LogP contribution in [0.1, 0.15) is 16.1 Å². The summed E-state index contributed by atoms with van der Waals surface area (Å²) in [5.41, 5.74) is 0.777. The second kappa shape index (κ2) is 7.88. The van der Waals surface area contributed by atoms with E-state index >= 15 is 0 Å². The van der Waals surface area contributed by atoms with E-state index in [4.69, 9.17) is 25.6 Å². The Kier molecular flexibility index (Phi) is 5.37. The summed E-state index contributed by atoms with van der Waals surface area (Å²) >= 11 is 5.92. The number of nitro benzene ring substituents is 1. The Labute approximate surface area is 158 Å². The first kappa shape index (κ1) is 18.4. The number of benzene rings is 2. The third kappa shape index (κ3) is 4.24. The second-order valence-corrected chi connectivity index (χ2v) is 5.82. The molecule has 0 atom stereocenters. The minimum absolute atomic E-state index is 0.0582. The van der Waals surface area contributed by atoms with Gasteiger partial charge in [-0.1, -0.05) is 28.9 Å². The molecule has 0 aliphatic rings. The number of carbonyl (C=O) groups is 1. The van der Waals surface area contributed by atoms with Crippen LogP contribution in [0, 0.1) is 10.1 Å². The Bertz CT molecular complexity index is 1000. The lowest BCUT2D eigenvalue weighted by Crippen LogP contribution is -2.06. The minimum Gasteiger partial charge on any atom is -0.497 e. The second-order valence-electron chi connectivity index (χ2n) is 5.41. The van der Waals surface area contributed by atoms with Crippen LogP contribution in [0.2, 0.25) is 5.02 Å². The summed E-state index contributed by atoms with van der Waals surface area (Å²) < 4.78 is 15.5. The molecule has 0 bridgehead atoms. The van der Waals surface area contributed by atoms with E-state index < -0.39 is 10.9 Å². The maximum Gasteiger partial charge on any atom is 0.340 e. The molecular weight excluding hydrogens is 376 g/mol. The molecule has 0 aliphatic heterocycles. The van der Waals surface area contributed by atoms with Crippen molar-refractivity contribution in [2.75, 3.05) is 7.11 Å². The number of hydrogen-bond acceptors (Lipinski definition) is 7. The lowest BCUT2D eigenvalue weighted by atomic mass is 10.1. The van der Waals surface area contributed by atoms with E-state index in [1.165, 1.54) is 12.1 Å². The van der Waals surface area contributed by atoms with Gasteiger partial charge in [-0.25, -0.2) is 4.79 Å². The van der Waals surface area contributed by atoms with E-state index in [2.05, 4.69) is 5.16 Å². The van der Waals surface area contributed by atoms with Crippen LogP contribution in [-0.2, 0) is 11.3 Å². The summed E-state index contributed by atoms with van der Waals surface area (Å²) in [6, 6.07) is 12.4. The van der Waals surface area contributed by atoms with Crippen molar-refractivity contribution < 1.29 is 23.7 Å². The predicted molar refractivity (Wildman–Crippen MR) is 95.7 cm³/mol. The highest BCUT2D eigenvalue weighted by atomic mass is 35.5. The first-order valence-corrected chi connectivity index (χ1v) is 8.07. The normalized spacial score (nSPS) is 10.4. The number of methoxy groups -OCH3 is 1. The highest BCUT2D eigenvalue weighted by molar-refractivity contribution is 6.33. The molecule has 0 aliphatic carbocycles. The smallest absolute Gasteiger partial charge is 0.340 e. The van der Waals surface area contributed by atoms with Crippen molar-refractivity contribution in [3.63, 3.8) is 0 Å². The van der Waals surface area contributed by atoms with Gasteiger partial charge < -0.3 is 14.0 Å². The fourth-order valence-electron chi connectivity index (χ4n) is 2.29. The van der Waals surface area contributed by atoms with Gasteiger partial charge in [-0.3, -0.25) is 10.1 Å². The van der Waals surface area contributed by atoms with Crippen molar-refractivity contribution >= 4 is 23.3 Å². The molecule has 0 N–H and O–H groups in total. The third-order valence-corrected chi connectivity index (χ3v) is 3.97. The zero-order chi connectivity index (χ0) is 19.4. The van der Waals surface area contributed by atoms with E-state index in [0.29, 0.717) is 17.2 Å². The molecule has 9 heteroatoms. The molecule has 0 saturated heterocycles. The van der Waals surface area contributed by atoms with Crippen molar-refractivity contribution in [3.05, 3.63) is 74.9 Å². The highest BCUT2D eigenvalue weighted by Gasteiger charge is 2.18. The van der Waals surface area contributed by atoms with E-state index in [1.807, 2.05) is 6.07 Å². The number of non-ortho nitro benzene ring substituents is 1. The Morgan fingerprint density at radius 3 is 2.81 bits per heavy atom. The standard InChI is InChI=1S/C18H13ClN2O6/c1-25-14-4-2-3-11(7-14)17-8-12(20-27-17)10-26-18(22)15-9-13(21(23)24)5-6-16(15)19/h2-9H,10H2,1H3. The number of aromatic nitrogens is 1. The summed E-state index contributed by atoms with van der Waals surface area (Å²) in [5, 5.41) is 14.7. The van der Waals surface area contributed by atoms with Crippen LogP contribution in [-0.4, -0.2) is 23.2 Å². The van der Waals surface area contributed by atoms with Crippen LogP contribution in [0.3, 0.4) is 0 Å². The molecule has 3 rings (SSSR count). The number of rotatable bonds is 6. The van der Waals surface area contributed by atoms with Crippen LogP contribution >= 0.6 is 11.6 Å². The Morgan fingerprint density at radius 1 is 1.26 bits per heavy atom. The molecule has 27 heavy (non-hydrogen) atoms. The van der Waals surface area contributed by atoms with Crippen LogP contribution in [0.5, 0.6) is 5.75 Å². The maximum atomic E-state index is 12.2. The molecule has 0 radical (unpaired) electrons. The van der Waals surface area contributed by atoms with Gasteiger partial charge in [0.15, 0.2) is 5.76 Å². The number of esters is 1. The third-order valence-electron chi connectivity index (χ3n) is 3.65. The number of halogens is 1. The Hall–Kier alpha value is -3.39. The molecule has 0 saturated carbocycles. The molecule has 8 nitrogen and oxygen atoms in total. The zero-order valence-corrected chi connectivity index (χ0v) is 14.8. The molecule has 3 aromatic rings. The molecule has 1 heterocycles.